The van der Waals surface area contributed by atoms with E-state index in [1.165, 1.54) is 11.1 Å². The highest BCUT2D eigenvalue weighted by molar-refractivity contribution is 9.10. The maximum atomic E-state index is 12.2. The molecule has 1 amide bonds. The van der Waals surface area contributed by atoms with E-state index in [9.17, 15) is 4.79 Å². The zero-order chi connectivity index (χ0) is 18.0. The van der Waals surface area contributed by atoms with Crippen molar-refractivity contribution in [3.63, 3.8) is 0 Å². The minimum absolute atomic E-state index is 0.00357. The zero-order valence-electron chi connectivity index (χ0n) is 14.8. The average Bonchev–Trinajstić information content (AvgIpc) is 3.35. The molecule has 3 rings (SSSR count). The maximum absolute atomic E-state index is 12.2. The average molecular weight is 399 g/mol. The van der Waals surface area contributed by atoms with Gasteiger partial charge in [0.05, 0.1) is 6.21 Å². The molecule has 4 heteroatoms. The van der Waals surface area contributed by atoms with Crippen molar-refractivity contribution in [2.24, 2.45) is 11.0 Å². The molecule has 2 aromatic rings. The molecule has 1 aliphatic carbocycles. The number of rotatable bonds is 4. The van der Waals surface area contributed by atoms with Gasteiger partial charge >= 0.3 is 0 Å². The molecular formula is C21H23BrN2O. The van der Waals surface area contributed by atoms with E-state index in [4.69, 9.17) is 0 Å². The predicted molar refractivity (Wildman–Crippen MR) is 106 cm³/mol. The minimum atomic E-state index is -0.00357. The Kier molecular flexibility index (Phi) is 5.09. The van der Waals surface area contributed by atoms with E-state index in [1.54, 1.807) is 6.21 Å². The van der Waals surface area contributed by atoms with Crippen molar-refractivity contribution < 1.29 is 4.79 Å². The Hall–Kier alpha value is -1.94. The zero-order valence-corrected chi connectivity index (χ0v) is 16.4. The fourth-order valence-corrected chi connectivity index (χ4v) is 3.34. The Morgan fingerprint density at radius 1 is 1.20 bits per heavy atom. The topological polar surface area (TPSA) is 41.5 Å². The lowest BCUT2D eigenvalue weighted by Crippen LogP contribution is -2.20. The van der Waals surface area contributed by atoms with Crippen LogP contribution in [0.15, 0.2) is 58.1 Å². The Morgan fingerprint density at radius 3 is 2.56 bits per heavy atom. The molecule has 0 saturated heterocycles. The predicted octanol–water partition coefficient (Wildman–Crippen LogP) is 5.00. The van der Waals surface area contributed by atoms with Crippen LogP contribution in [0.4, 0.5) is 0 Å². The molecule has 0 radical (unpaired) electrons. The van der Waals surface area contributed by atoms with E-state index < -0.39 is 0 Å². The van der Waals surface area contributed by atoms with Gasteiger partial charge in [-0.1, -0.05) is 73.1 Å². The molecule has 0 aliphatic heterocycles. The first-order valence-electron chi connectivity index (χ1n) is 8.53. The van der Waals surface area contributed by atoms with Gasteiger partial charge in [0.25, 0.3) is 0 Å². The van der Waals surface area contributed by atoms with E-state index in [0.29, 0.717) is 5.92 Å². The molecular weight excluding hydrogens is 376 g/mol. The van der Waals surface area contributed by atoms with E-state index >= 15 is 0 Å². The van der Waals surface area contributed by atoms with Crippen LogP contribution in [0.25, 0.3) is 0 Å². The lowest BCUT2D eigenvalue weighted by molar-refractivity contribution is -0.122. The molecule has 2 aromatic carbocycles. The molecule has 3 nitrogen and oxygen atoms in total. The van der Waals surface area contributed by atoms with Crippen LogP contribution in [-0.4, -0.2) is 12.1 Å². The summed E-state index contributed by atoms with van der Waals surface area (Å²) in [5.74, 6) is 0.339. The van der Waals surface area contributed by atoms with Gasteiger partial charge in [0, 0.05) is 10.4 Å². The summed E-state index contributed by atoms with van der Waals surface area (Å²) in [5, 5.41) is 4.07. The number of hydrogen-bond donors (Lipinski definition) is 1. The Morgan fingerprint density at radius 2 is 1.92 bits per heavy atom. The smallest absolute Gasteiger partial charge is 0.243 e. The van der Waals surface area contributed by atoms with Crippen LogP contribution >= 0.6 is 15.9 Å². The lowest BCUT2D eigenvalue weighted by atomic mass is 9.86. The highest BCUT2D eigenvalue weighted by atomic mass is 79.9. The third-order valence-electron chi connectivity index (χ3n) is 4.57. The van der Waals surface area contributed by atoms with Gasteiger partial charge in [-0.2, -0.15) is 5.10 Å². The van der Waals surface area contributed by atoms with E-state index in [2.05, 4.69) is 71.5 Å². The molecule has 0 bridgehead atoms. The molecule has 1 fully saturated rings. The van der Waals surface area contributed by atoms with Crippen molar-refractivity contribution in [1.29, 1.82) is 0 Å². The molecule has 0 spiro atoms. The van der Waals surface area contributed by atoms with Crippen molar-refractivity contribution in [2.45, 2.75) is 38.5 Å². The second-order valence-corrected chi connectivity index (χ2v) is 8.53. The van der Waals surface area contributed by atoms with Crippen molar-refractivity contribution in [1.82, 2.24) is 5.43 Å². The van der Waals surface area contributed by atoms with E-state index in [0.717, 1.165) is 16.5 Å². The SMILES string of the molecule is CC(C)(C)c1ccc([C@H]2C[C@@H]2C(=O)N/N=C\c2cccc(Br)c2)cc1. The highest BCUT2D eigenvalue weighted by Gasteiger charge is 2.43. The Bertz CT molecular complexity index is 790. The summed E-state index contributed by atoms with van der Waals surface area (Å²) in [5.41, 5.74) is 6.32. The first-order valence-corrected chi connectivity index (χ1v) is 9.33. The normalized spacial score (nSPS) is 19.8. The van der Waals surface area contributed by atoms with Crippen LogP contribution in [0.5, 0.6) is 0 Å². The van der Waals surface area contributed by atoms with Crippen molar-refractivity contribution in [3.05, 3.63) is 69.7 Å². The second-order valence-electron chi connectivity index (χ2n) is 7.61. The molecule has 1 N–H and O–H groups in total. The second kappa shape index (κ2) is 7.12. The summed E-state index contributed by atoms with van der Waals surface area (Å²) in [6.07, 6.45) is 2.56. The van der Waals surface area contributed by atoms with Crippen molar-refractivity contribution >= 4 is 28.1 Å². The fraction of sp³-hybridized carbons (Fsp3) is 0.333. The van der Waals surface area contributed by atoms with Crippen LogP contribution in [0.1, 0.15) is 49.8 Å². The summed E-state index contributed by atoms with van der Waals surface area (Å²) in [6.45, 7) is 6.62. The van der Waals surface area contributed by atoms with Gasteiger partial charge in [0.15, 0.2) is 0 Å². The molecule has 0 aromatic heterocycles. The molecule has 2 atom stereocenters. The number of benzene rings is 2. The third kappa shape index (κ3) is 4.57. The van der Waals surface area contributed by atoms with Crippen LogP contribution in [-0.2, 0) is 10.2 Å². The van der Waals surface area contributed by atoms with Crippen LogP contribution in [0, 0.1) is 5.92 Å². The van der Waals surface area contributed by atoms with E-state index in [-0.39, 0.29) is 17.2 Å². The number of nitrogens with one attached hydrogen (secondary N) is 1. The van der Waals surface area contributed by atoms with Crippen molar-refractivity contribution in [2.75, 3.05) is 0 Å². The molecule has 25 heavy (non-hydrogen) atoms. The van der Waals surface area contributed by atoms with Gasteiger partial charge in [0.1, 0.15) is 0 Å². The van der Waals surface area contributed by atoms with Gasteiger partial charge in [-0.05, 0) is 46.6 Å². The Balaban J connectivity index is 1.55. The monoisotopic (exact) mass is 398 g/mol. The number of hydrazone groups is 1. The fourth-order valence-electron chi connectivity index (χ4n) is 2.92. The number of nitrogens with zero attached hydrogens (tertiary/aromatic N) is 1. The van der Waals surface area contributed by atoms with Crippen LogP contribution in [0.2, 0.25) is 0 Å². The maximum Gasteiger partial charge on any atom is 0.243 e. The van der Waals surface area contributed by atoms with Gasteiger partial charge in [0.2, 0.25) is 5.91 Å². The first kappa shape index (κ1) is 17.9. The molecule has 130 valence electrons. The molecule has 0 heterocycles. The number of hydrogen-bond acceptors (Lipinski definition) is 2. The third-order valence-corrected chi connectivity index (χ3v) is 5.06. The summed E-state index contributed by atoms with van der Waals surface area (Å²) < 4.78 is 0.990. The van der Waals surface area contributed by atoms with Gasteiger partial charge in [-0.3, -0.25) is 4.79 Å². The first-order chi connectivity index (χ1) is 11.8. The summed E-state index contributed by atoms with van der Waals surface area (Å²) in [4.78, 5) is 12.2. The summed E-state index contributed by atoms with van der Waals surface area (Å²) >= 11 is 3.42. The largest absolute Gasteiger partial charge is 0.273 e. The minimum Gasteiger partial charge on any atom is -0.273 e. The number of amides is 1. The molecule has 0 unspecified atom stereocenters. The molecule has 1 saturated carbocycles. The lowest BCUT2D eigenvalue weighted by Gasteiger charge is -2.19. The number of halogens is 1. The van der Waals surface area contributed by atoms with Gasteiger partial charge in [-0.25, -0.2) is 5.43 Å². The standard InChI is InChI=1S/C21H23BrN2O/c1-21(2,3)16-9-7-15(8-10-16)18-12-19(18)20(25)24-23-13-14-5-4-6-17(22)11-14/h4-11,13,18-19H,12H2,1-3H3,(H,24,25)/b23-13-/t18-,19+/m1/s1. The molecule has 1 aliphatic rings. The van der Waals surface area contributed by atoms with E-state index in [1.807, 2.05) is 24.3 Å². The van der Waals surface area contributed by atoms with Crippen molar-refractivity contribution in [3.8, 4) is 0 Å². The summed E-state index contributed by atoms with van der Waals surface area (Å²) in [6, 6.07) is 16.4. The number of carbonyl (C=O) groups is 1. The van der Waals surface area contributed by atoms with Gasteiger partial charge in [-0.15, -0.1) is 0 Å². The summed E-state index contributed by atoms with van der Waals surface area (Å²) in [7, 11) is 0. The Labute approximate surface area is 157 Å². The quantitative estimate of drug-likeness (QED) is 0.571. The van der Waals surface area contributed by atoms with Crippen LogP contribution in [0.3, 0.4) is 0 Å². The van der Waals surface area contributed by atoms with Gasteiger partial charge < -0.3 is 0 Å². The van der Waals surface area contributed by atoms with Crippen LogP contribution < -0.4 is 5.43 Å². The number of carbonyl (C=O) groups excluding carboxylic acids is 1. The highest BCUT2D eigenvalue weighted by Crippen LogP contribution is 2.47.